The van der Waals surface area contributed by atoms with E-state index in [1.165, 1.54) is 37.1 Å². The fourth-order valence-electron chi connectivity index (χ4n) is 3.18. The summed E-state index contributed by atoms with van der Waals surface area (Å²) in [7, 11) is 0. The molecule has 2 aliphatic rings. The molecular formula is C13H19NS2. The van der Waals surface area contributed by atoms with E-state index in [-0.39, 0.29) is 0 Å². The average molecular weight is 253 g/mol. The molecule has 1 aromatic heterocycles. The van der Waals surface area contributed by atoms with Gasteiger partial charge in [-0.3, -0.25) is 0 Å². The van der Waals surface area contributed by atoms with Crippen molar-refractivity contribution in [2.45, 2.75) is 50.0 Å². The van der Waals surface area contributed by atoms with E-state index < -0.39 is 0 Å². The third-order valence-electron chi connectivity index (χ3n) is 4.09. The van der Waals surface area contributed by atoms with Crippen molar-refractivity contribution in [3.8, 4) is 0 Å². The van der Waals surface area contributed by atoms with Gasteiger partial charge in [-0.1, -0.05) is 6.42 Å². The van der Waals surface area contributed by atoms with Crippen LogP contribution >= 0.6 is 23.3 Å². The maximum Gasteiger partial charge on any atom is 0.0337 e. The van der Waals surface area contributed by atoms with Crippen molar-refractivity contribution in [2.24, 2.45) is 5.41 Å². The monoisotopic (exact) mass is 253 g/mol. The molecule has 1 spiro atoms. The second-order valence-corrected chi connectivity index (χ2v) is 7.80. The van der Waals surface area contributed by atoms with Crippen molar-refractivity contribution < 1.29 is 0 Å². The molecule has 0 amide bonds. The predicted octanol–water partition coefficient (Wildman–Crippen LogP) is 4.41. The van der Waals surface area contributed by atoms with Gasteiger partial charge in [-0.15, -0.1) is 0 Å². The van der Waals surface area contributed by atoms with Gasteiger partial charge in [-0.05, 0) is 61.9 Å². The predicted molar refractivity (Wildman–Crippen MR) is 71.9 cm³/mol. The normalized spacial score (nSPS) is 27.1. The molecule has 1 nitrogen and oxygen atoms in total. The molecule has 0 bridgehead atoms. The summed E-state index contributed by atoms with van der Waals surface area (Å²) in [5, 5.41) is 4.43. The van der Waals surface area contributed by atoms with Crippen LogP contribution in [0.5, 0.6) is 0 Å². The highest BCUT2D eigenvalue weighted by Crippen LogP contribution is 2.56. The summed E-state index contributed by atoms with van der Waals surface area (Å²) in [5.41, 5.74) is 1.04. The largest absolute Gasteiger partial charge is 0.240 e. The topological polar surface area (TPSA) is 3.24 Å². The molecule has 0 aromatic carbocycles. The zero-order valence-electron chi connectivity index (χ0n) is 10.0. The van der Waals surface area contributed by atoms with Gasteiger partial charge in [0, 0.05) is 22.4 Å². The van der Waals surface area contributed by atoms with Crippen LogP contribution in [-0.2, 0) is 0 Å². The van der Waals surface area contributed by atoms with Crippen LogP contribution in [0.2, 0.25) is 0 Å². The summed E-state index contributed by atoms with van der Waals surface area (Å²) in [5.74, 6) is 0. The molecule has 3 rings (SSSR count). The summed E-state index contributed by atoms with van der Waals surface area (Å²) in [6.07, 6.45) is 5.75. The van der Waals surface area contributed by atoms with Crippen LogP contribution in [0.4, 0.5) is 0 Å². The van der Waals surface area contributed by atoms with E-state index in [2.05, 4.69) is 35.0 Å². The minimum Gasteiger partial charge on any atom is -0.240 e. The van der Waals surface area contributed by atoms with Crippen molar-refractivity contribution in [3.05, 3.63) is 16.8 Å². The van der Waals surface area contributed by atoms with E-state index in [1.54, 1.807) is 11.3 Å². The Morgan fingerprint density at radius 2 is 2.19 bits per heavy atom. The minimum atomic E-state index is 0.368. The van der Waals surface area contributed by atoms with Gasteiger partial charge in [0.2, 0.25) is 0 Å². The number of rotatable bonds is 2. The smallest absolute Gasteiger partial charge is 0.0337 e. The minimum absolute atomic E-state index is 0.368. The summed E-state index contributed by atoms with van der Waals surface area (Å²) in [6, 6.07) is 2.23. The number of hydrogen-bond donors (Lipinski definition) is 0. The Morgan fingerprint density at radius 3 is 2.69 bits per heavy atom. The highest BCUT2D eigenvalue weighted by molar-refractivity contribution is 7.97. The maximum absolute atomic E-state index is 2.62. The van der Waals surface area contributed by atoms with Crippen LogP contribution in [0.25, 0.3) is 0 Å². The van der Waals surface area contributed by atoms with Gasteiger partial charge in [0.05, 0.1) is 0 Å². The number of nitrogens with zero attached hydrogens (tertiary/aromatic N) is 1. The highest BCUT2D eigenvalue weighted by atomic mass is 32.2. The van der Waals surface area contributed by atoms with Crippen molar-refractivity contribution in [1.82, 2.24) is 4.31 Å². The second-order valence-electron chi connectivity index (χ2n) is 5.93. The van der Waals surface area contributed by atoms with E-state index in [1.807, 2.05) is 11.9 Å². The van der Waals surface area contributed by atoms with Gasteiger partial charge in [0.15, 0.2) is 0 Å². The van der Waals surface area contributed by atoms with Gasteiger partial charge < -0.3 is 0 Å². The molecule has 0 radical (unpaired) electrons. The maximum atomic E-state index is 2.62. The number of hydrogen-bond acceptors (Lipinski definition) is 3. The molecule has 0 N–H and O–H groups in total. The first-order chi connectivity index (χ1) is 7.60. The molecule has 3 heteroatoms. The Hall–Kier alpha value is 0.01000. The third-order valence-corrected chi connectivity index (χ3v) is 6.23. The lowest BCUT2D eigenvalue weighted by molar-refractivity contribution is 0.150. The van der Waals surface area contributed by atoms with Crippen molar-refractivity contribution in [3.63, 3.8) is 0 Å². The molecule has 1 saturated heterocycles. The first-order valence-corrected chi connectivity index (χ1v) is 7.79. The quantitative estimate of drug-likeness (QED) is 0.718. The lowest BCUT2D eigenvalue weighted by Crippen LogP contribution is -2.32. The first-order valence-electron chi connectivity index (χ1n) is 6.08. The lowest BCUT2D eigenvalue weighted by atomic mass is 9.66. The van der Waals surface area contributed by atoms with Gasteiger partial charge in [0.25, 0.3) is 0 Å². The van der Waals surface area contributed by atoms with Crippen molar-refractivity contribution in [1.29, 1.82) is 0 Å². The molecule has 1 aliphatic carbocycles. The molecule has 1 aliphatic heterocycles. The van der Waals surface area contributed by atoms with E-state index in [0.29, 0.717) is 11.0 Å². The Balaban J connectivity index is 1.75. The van der Waals surface area contributed by atoms with Crippen LogP contribution in [0.3, 0.4) is 0 Å². The Morgan fingerprint density at radius 1 is 1.38 bits per heavy atom. The van der Waals surface area contributed by atoms with Gasteiger partial charge >= 0.3 is 0 Å². The molecule has 0 unspecified atom stereocenters. The van der Waals surface area contributed by atoms with E-state index >= 15 is 0 Å². The molecule has 1 saturated carbocycles. The van der Waals surface area contributed by atoms with Gasteiger partial charge in [-0.25, -0.2) is 4.31 Å². The third kappa shape index (κ3) is 1.83. The zero-order valence-corrected chi connectivity index (χ0v) is 11.7. The highest BCUT2D eigenvalue weighted by Gasteiger charge is 2.51. The number of thiophene rings is 1. The average Bonchev–Trinajstić information content (AvgIpc) is 2.72. The van der Waals surface area contributed by atoms with Crippen LogP contribution in [-0.4, -0.2) is 16.4 Å². The SMILES string of the molecule is CC1(C)CC2(CCC2)CN1Sc1ccsc1. The molecule has 1 aromatic rings. The molecular weight excluding hydrogens is 234 g/mol. The van der Waals surface area contributed by atoms with Crippen LogP contribution in [0, 0.1) is 5.41 Å². The summed E-state index contributed by atoms with van der Waals surface area (Å²) < 4.78 is 2.62. The van der Waals surface area contributed by atoms with Crippen LogP contribution < -0.4 is 0 Å². The van der Waals surface area contributed by atoms with Crippen molar-refractivity contribution in [2.75, 3.05) is 6.54 Å². The zero-order chi connectivity index (χ0) is 11.2. The van der Waals surface area contributed by atoms with Crippen LogP contribution in [0.1, 0.15) is 39.5 Å². The summed E-state index contributed by atoms with van der Waals surface area (Å²) in [4.78, 5) is 1.41. The fourth-order valence-corrected chi connectivity index (χ4v) is 5.15. The molecule has 88 valence electrons. The van der Waals surface area contributed by atoms with Gasteiger partial charge in [-0.2, -0.15) is 11.3 Å². The summed E-state index contributed by atoms with van der Waals surface area (Å²) >= 11 is 3.76. The molecule has 2 fully saturated rings. The first kappa shape index (κ1) is 11.1. The Labute approximate surface area is 106 Å². The van der Waals surface area contributed by atoms with Crippen LogP contribution in [0.15, 0.2) is 21.7 Å². The standard InChI is InChI=1S/C13H19NS2/c1-12(2)9-13(5-3-6-13)10-14(12)16-11-4-7-15-8-11/h4,7-8H,3,5-6,9-10H2,1-2H3. The molecule has 0 atom stereocenters. The van der Waals surface area contributed by atoms with E-state index in [0.717, 1.165) is 0 Å². The van der Waals surface area contributed by atoms with Gasteiger partial charge in [0.1, 0.15) is 0 Å². The van der Waals surface area contributed by atoms with E-state index in [9.17, 15) is 0 Å². The molecule has 16 heavy (non-hydrogen) atoms. The Bertz CT molecular complexity index is 365. The Kier molecular flexibility index (Phi) is 2.61. The summed E-state index contributed by atoms with van der Waals surface area (Å²) in [6.45, 7) is 6.10. The second kappa shape index (κ2) is 3.76. The molecule has 2 heterocycles. The van der Waals surface area contributed by atoms with Crippen molar-refractivity contribution >= 4 is 23.3 Å². The lowest BCUT2D eigenvalue weighted by Gasteiger charge is -2.38. The fraction of sp³-hybridized carbons (Fsp3) is 0.692. The van der Waals surface area contributed by atoms with E-state index in [4.69, 9.17) is 0 Å².